The predicted octanol–water partition coefficient (Wildman–Crippen LogP) is 1.87. The number of nitrogens with zero attached hydrogens (tertiary/aromatic N) is 1. The maximum Gasteiger partial charge on any atom is 0.162 e. The number of hydrogen-bond acceptors (Lipinski definition) is 4. The summed E-state index contributed by atoms with van der Waals surface area (Å²) in [4.78, 5) is 0. The number of rotatable bonds is 1. The molecule has 0 aromatic carbocycles. The van der Waals surface area contributed by atoms with Gasteiger partial charge in [-0.1, -0.05) is 5.16 Å². The van der Waals surface area contributed by atoms with Crippen LogP contribution in [0, 0.1) is 0 Å². The Bertz CT molecular complexity index is 255. The highest BCUT2D eigenvalue weighted by Crippen LogP contribution is 2.33. The quantitative estimate of drug-likeness (QED) is 0.724. The topological polar surface area (TPSA) is 52.0 Å². The summed E-state index contributed by atoms with van der Waals surface area (Å²) in [7, 11) is 0. The first-order valence-corrected chi connectivity index (χ1v) is 5.31. The number of hydrogen-bond donors (Lipinski definition) is 1. The second kappa shape index (κ2) is 3.39. The lowest BCUT2D eigenvalue weighted by Gasteiger charge is -2.18. The Morgan fingerprint density at radius 1 is 1.50 bits per heavy atom. The fourth-order valence-electron chi connectivity index (χ4n) is 1.53. The SMILES string of the molecule is Nc1cnoc1C1CCSCC1. The second-order valence-corrected chi connectivity index (χ2v) is 4.26. The van der Waals surface area contributed by atoms with E-state index >= 15 is 0 Å². The predicted molar refractivity (Wildman–Crippen MR) is 50.2 cm³/mol. The van der Waals surface area contributed by atoms with Crippen molar-refractivity contribution in [1.29, 1.82) is 0 Å². The van der Waals surface area contributed by atoms with Crippen molar-refractivity contribution in [2.75, 3.05) is 17.2 Å². The minimum Gasteiger partial charge on any atom is -0.395 e. The van der Waals surface area contributed by atoms with Gasteiger partial charge in [0.25, 0.3) is 0 Å². The lowest BCUT2D eigenvalue weighted by Crippen LogP contribution is -2.08. The monoisotopic (exact) mass is 184 g/mol. The van der Waals surface area contributed by atoms with Gasteiger partial charge in [-0.05, 0) is 24.3 Å². The van der Waals surface area contributed by atoms with E-state index < -0.39 is 0 Å². The normalized spacial score (nSPS) is 19.7. The van der Waals surface area contributed by atoms with Crippen molar-refractivity contribution >= 4 is 17.4 Å². The van der Waals surface area contributed by atoms with Crippen LogP contribution >= 0.6 is 11.8 Å². The molecule has 0 atom stereocenters. The van der Waals surface area contributed by atoms with Crippen LogP contribution in [0.2, 0.25) is 0 Å². The summed E-state index contributed by atoms with van der Waals surface area (Å²) in [6.07, 6.45) is 3.94. The van der Waals surface area contributed by atoms with E-state index in [-0.39, 0.29) is 0 Å². The Balaban J connectivity index is 2.13. The average molecular weight is 184 g/mol. The van der Waals surface area contributed by atoms with Crippen molar-refractivity contribution in [3.05, 3.63) is 12.0 Å². The van der Waals surface area contributed by atoms with Gasteiger partial charge in [0.1, 0.15) is 0 Å². The van der Waals surface area contributed by atoms with E-state index in [1.54, 1.807) is 6.20 Å². The molecule has 1 fully saturated rings. The van der Waals surface area contributed by atoms with Crippen LogP contribution in [-0.4, -0.2) is 16.7 Å². The van der Waals surface area contributed by atoms with Crippen LogP contribution in [0.5, 0.6) is 0 Å². The largest absolute Gasteiger partial charge is 0.395 e. The molecule has 2 rings (SSSR count). The third-order valence-corrected chi connectivity index (χ3v) is 3.27. The summed E-state index contributed by atoms with van der Waals surface area (Å²) < 4.78 is 5.12. The van der Waals surface area contributed by atoms with E-state index in [2.05, 4.69) is 5.16 Å². The number of thioether (sulfide) groups is 1. The molecule has 4 heteroatoms. The van der Waals surface area contributed by atoms with Crippen molar-refractivity contribution in [2.24, 2.45) is 0 Å². The lowest BCUT2D eigenvalue weighted by atomic mass is 9.99. The lowest BCUT2D eigenvalue weighted by molar-refractivity contribution is 0.353. The molecule has 0 bridgehead atoms. The van der Waals surface area contributed by atoms with Crippen LogP contribution in [0.15, 0.2) is 10.7 Å². The molecule has 1 aromatic rings. The molecule has 0 aliphatic carbocycles. The molecule has 1 saturated heterocycles. The van der Waals surface area contributed by atoms with E-state index in [1.807, 2.05) is 11.8 Å². The van der Waals surface area contributed by atoms with Crippen molar-refractivity contribution < 1.29 is 4.52 Å². The highest BCUT2D eigenvalue weighted by molar-refractivity contribution is 7.99. The van der Waals surface area contributed by atoms with E-state index in [0.29, 0.717) is 11.6 Å². The van der Waals surface area contributed by atoms with Gasteiger partial charge in [-0.15, -0.1) is 0 Å². The van der Waals surface area contributed by atoms with Crippen molar-refractivity contribution in [2.45, 2.75) is 18.8 Å². The molecule has 12 heavy (non-hydrogen) atoms. The van der Waals surface area contributed by atoms with Crippen LogP contribution in [0.1, 0.15) is 24.5 Å². The maximum absolute atomic E-state index is 5.71. The van der Waals surface area contributed by atoms with Crippen molar-refractivity contribution in [1.82, 2.24) is 5.16 Å². The van der Waals surface area contributed by atoms with Gasteiger partial charge in [-0.3, -0.25) is 0 Å². The number of nitrogens with two attached hydrogens (primary N) is 1. The van der Waals surface area contributed by atoms with Gasteiger partial charge in [0, 0.05) is 5.92 Å². The molecule has 66 valence electrons. The molecule has 0 radical (unpaired) electrons. The van der Waals surface area contributed by atoms with Gasteiger partial charge in [0.2, 0.25) is 0 Å². The Morgan fingerprint density at radius 2 is 2.25 bits per heavy atom. The standard InChI is InChI=1S/C8H12N2OS/c9-7-5-10-11-8(7)6-1-3-12-4-2-6/h5-6H,1-4,9H2. The summed E-state index contributed by atoms with van der Waals surface area (Å²) in [6.45, 7) is 0. The number of anilines is 1. The first kappa shape index (κ1) is 7.98. The maximum atomic E-state index is 5.71. The molecular formula is C8H12N2OS. The molecule has 2 N–H and O–H groups in total. The molecule has 2 heterocycles. The summed E-state index contributed by atoms with van der Waals surface area (Å²) in [5.74, 6) is 3.83. The van der Waals surface area contributed by atoms with Crippen LogP contribution in [0.25, 0.3) is 0 Å². The van der Waals surface area contributed by atoms with E-state index in [0.717, 1.165) is 5.76 Å². The zero-order valence-corrected chi connectivity index (χ0v) is 7.64. The second-order valence-electron chi connectivity index (χ2n) is 3.03. The summed E-state index contributed by atoms with van der Waals surface area (Å²) in [6, 6.07) is 0. The fourth-order valence-corrected chi connectivity index (χ4v) is 2.63. The molecular weight excluding hydrogens is 172 g/mol. The Labute approximate surface area is 75.7 Å². The van der Waals surface area contributed by atoms with Crippen LogP contribution in [-0.2, 0) is 0 Å². The van der Waals surface area contributed by atoms with E-state index in [4.69, 9.17) is 10.3 Å². The minimum atomic E-state index is 0.508. The molecule has 1 aliphatic heterocycles. The average Bonchev–Trinajstić information content (AvgIpc) is 2.53. The van der Waals surface area contributed by atoms with Crippen molar-refractivity contribution in [3.63, 3.8) is 0 Å². The highest BCUT2D eigenvalue weighted by atomic mass is 32.2. The van der Waals surface area contributed by atoms with Crippen molar-refractivity contribution in [3.8, 4) is 0 Å². The highest BCUT2D eigenvalue weighted by Gasteiger charge is 2.21. The summed E-state index contributed by atoms with van der Waals surface area (Å²) in [5.41, 5.74) is 6.42. The molecule has 0 amide bonds. The van der Waals surface area contributed by atoms with Crippen LogP contribution in [0.3, 0.4) is 0 Å². The van der Waals surface area contributed by atoms with Gasteiger partial charge in [0.05, 0.1) is 11.9 Å². The zero-order valence-electron chi connectivity index (χ0n) is 6.82. The third kappa shape index (κ3) is 1.43. The Hall–Kier alpha value is -0.640. The minimum absolute atomic E-state index is 0.508. The zero-order chi connectivity index (χ0) is 8.39. The van der Waals surface area contributed by atoms with Gasteiger partial charge < -0.3 is 10.3 Å². The Morgan fingerprint density at radius 3 is 2.83 bits per heavy atom. The molecule has 0 unspecified atom stereocenters. The molecule has 1 aliphatic rings. The van der Waals surface area contributed by atoms with E-state index in [1.165, 1.54) is 24.3 Å². The summed E-state index contributed by atoms with van der Waals surface area (Å²) >= 11 is 2.00. The van der Waals surface area contributed by atoms with Crippen LogP contribution in [0.4, 0.5) is 5.69 Å². The molecule has 0 saturated carbocycles. The first-order chi connectivity index (χ1) is 5.88. The fraction of sp³-hybridized carbons (Fsp3) is 0.625. The van der Waals surface area contributed by atoms with Gasteiger partial charge in [-0.2, -0.15) is 11.8 Å². The smallest absolute Gasteiger partial charge is 0.162 e. The molecule has 1 aromatic heterocycles. The third-order valence-electron chi connectivity index (χ3n) is 2.22. The van der Waals surface area contributed by atoms with Gasteiger partial charge in [-0.25, -0.2) is 0 Å². The van der Waals surface area contributed by atoms with Crippen LogP contribution < -0.4 is 5.73 Å². The van der Waals surface area contributed by atoms with E-state index in [9.17, 15) is 0 Å². The number of aromatic nitrogens is 1. The Kier molecular flexibility index (Phi) is 2.26. The summed E-state index contributed by atoms with van der Waals surface area (Å²) in [5, 5.41) is 3.69. The first-order valence-electron chi connectivity index (χ1n) is 4.15. The molecule has 0 spiro atoms. The molecule has 3 nitrogen and oxygen atoms in total. The number of nitrogen functional groups attached to an aromatic ring is 1. The van der Waals surface area contributed by atoms with Gasteiger partial charge in [0.15, 0.2) is 5.76 Å². The van der Waals surface area contributed by atoms with Gasteiger partial charge >= 0.3 is 0 Å².